The molecule has 0 bridgehead atoms. The van der Waals surface area contributed by atoms with E-state index in [4.69, 9.17) is 4.74 Å². The molecule has 0 aliphatic heterocycles. The van der Waals surface area contributed by atoms with Gasteiger partial charge in [-0.1, -0.05) is 322 Å². The second-order valence-corrected chi connectivity index (χ2v) is 18.9. The molecule has 2 heteroatoms. The van der Waals surface area contributed by atoms with Crippen molar-refractivity contribution in [3.8, 4) is 0 Å². The third-order valence-electron chi connectivity index (χ3n) is 13.0. The predicted molar refractivity (Wildman–Crippen MR) is 258 cm³/mol. The molecule has 0 aromatic rings. The number of carbonyl (C=O) groups excluding carboxylic acids is 1. The highest BCUT2D eigenvalue weighted by molar-refractivity contribution is 5.69. The minimum atomic E-state index is 0.0354. The summed E-state index contributed by atoms with van der Waals surface area (Å²) in [7, 11) is 0. The highest BCUT2D eigenvalue weighted by Gasteiger charge is 2.03. The number of unbranched alkanes of at least 4 members (excludes halogenated alkanes) is 48. The molecule has 0 rings (SSSR count). The maximum Gasteiger partial charge on any atom is 0.305 e. The van der Waals surface area contributed by atoms with Crippen molar-refractivity contribution in [1.29, 1.82) is 0 Å². The average Bonchev–Trinajstić information content (AvgIpc) is 3.22. The molecule has 0 amide bonds. The van der Waals surface area contributed by atoms with Gasteiger partial charge in [-0.2, -0.15) is 0 Å². The molecule has 342 valence electrons. The number of esters is 1. The molecular formula is C55H110O2. The van der Waals surface area contributed by atoms with Crippen LogP contribution in [0.5, 0.6) is 0 Å². The Morgan fingerprint density at radius 2 is 0.386 bits per heavy atom. The van der Waals surface area contributed by atoms with Crippen LogP contribution in [-0.4, -0.2) is 12.6 Å². The van der Waals surface area contributed by atoms with E-state index >= 15 is 0 Å². The summed E-state index contributed by atoms with van der Waals surface area (Å²) in [5.41, 5.74) is 0. The van der Waals surface area contributed by atoms with Crippen LogP contribution in [-0.2, 0) is 9.53 Å². The molecule has 0 saturated heterocycles. The van der Waals surface area contributed by atoms with Gasteiger partial charge < -0.3 is 4.74 Å². The molecule has 0 aromatic carbocycles. The van der Waals surface area contributed by atoms with Crippen LogP contribution in [0.15, 0.2) is 0 Å². The second-order valence-electron chi connectivity index (χ2n) is 18.9. The Hall–Kier alpha value is -0.530. The zero-order chi connectivity index (χ0) is 41.1. The lowest BCUT2D eigenvalue weighted by Gasteiger charge is -2.06. The molecule has 0 fully saturated rings. The molecule has 0 aliphatic carbocycles. The first-order chi connectivity index (χ1) is 28.3. The van der Waals surface area contributed by atoms with Gasteiger partial charge in [0.05, 0.1) is 6.61 Å². The van der Waals surface area contributed by atoms with Gasteiger partial charge in [0, 0.05) is 6.42 Å². The third kappa shape index (κ3) is 53.5. The van der Waals surface area contributed by atoms with E-state index in [-0.39, 0.29) is 5.97 Å². The van der Waals surface area contributed by atoms with Gasteiger partial charge in [0.25, 0.3) is 0 Å². The highest BCUT2D eigenvalue weighted by atomic mass is 16.5. The normalized spacial score (nSPS) is 11.5. The Labute approximate surface area is 362 Å². The number of ether oxygens (including phenoxy) is 1. The average molecular weight is 803 g/mol. The minimum Gasteiger partial charge on any atom is -0.466 e. The summed E-state index contributed by atoms with van der Waals surface area (Å²) in [6.45, 7) is 5.25. The van der Waals surface area contributed by atoms with E-state index in [0.717, 1.165) is 12.8 Å². The Bertz CT molecular complexity index is 703. The lowest BCUT2D eigenvalue weighted by Crippen LogP contribution is -2.05. The first-order valence-corrected chi connectivity index (χ1v) is 27.5. The fraction of sp³-hybridized carbons (Fsp3) is 0.982. The van der Waals surface area contributed by atoms with E-state index in [0.29, 0.717) is 13.0 Å². The van der Waals surface area contributed by atoms with E-state index < -0.39 is 0 Å². The molecule has 57 heavy (non-hydrogen) atoms. The van der Waals surface area contributed by atoms with Gasteiger partial charge >= 0.3 is 5.97 Å². The first kappa shape index (κ1) is 56.5. The maximum absolute atomic E-state index is 12.1. The van der Waals surface area contributed by atoms with E-state index in [1.807, 2.05) is 0 Å². The summed E-state index contributed by atoms with van der Waals surface area (Å²) in [6, 6.07) is 0. The maximum atomic E-state index is 12.1. The molecule has 0 N–H and O–H groups in total. The third-order valence-corrected chi connectivity index (χ3v) is 13.0. The van der Waals surface area contributed by atoms with Gasteiger partial charge in [-0.25, -0.2) is 0 Å². The zero-order valence-corrected chi connectivity index (χ0v) is 40.1. The number of rotatable bonds is 52. The van der Waals surface area contributed by atoms with E-state index in [1.165, 1.54) is 308 Å². The standard InChI is InChI=1S/C55H110O2/c1-3-5-7-9-11-13-15-17-19-21-23-25-27-28-29-30-31-32-34-36-38-40-42-44-46-48-50-52-54-57-55(56)53-51-49-47-45-43-41-39-37-35-33-26-24-22-20-18-16-14-12-10-8-6-4-2/h3-54H2,1-2H3. The number of hydrogen-bond acceptors (Lipinski definition) is 2. The van der Waals surface area contributed by atoms with Crippen LogP contribution in [0.4, 0.5) is 0 Å². The summed E-state index contributed by atoms with van der Waals surface area (Å²) in [5.74, 6) is 0.0354. The van der Waals surface area contributed by atoms with Crippen molar-refractivity contribution < 1.29 is 9.53 Å². The Kier molecular flexibility index (Phi) is 53.0. The van der Waals surface area contributed by atoms with Crippen LogP contribution in [0.2, 0.25) is 0 Å². The van der Waals surface area contributed by atoms with Crippen molar-refractivity contribution in [3.05, 3.63) is 0 Å². The van der Waals surface area contributed by atoms with Gasteiger partial charge in [0.15, 0.2) is 0 Å². The molecule has 0 heterocycles. The van der Waals surface area contributed by atoms with Gasteiger partial charge in [-0.3, -0.25) is 4.79 Å². The minimum absolute atomic E-state index is 0.0354. The molecule has 0 unspecified atom stereocenters. The zero-order valence-electron chi connectivity index (χ0n) is 40.1. The second kappa shape index (κ2) is 53.5. The fourth-order valence-electron chi connectivity index (χ4n) is 8.91. The molecule has 0 atom stereocenters. The number of hydrogen-bond donors (Lipinski definition) is 0. The van der Waals surface area contributed by atoms with E-state index in [2.05, 4.69) is 13.8 Å². The largest absolute Gasteiger partial charge is 0.466 e. The van der Waals surface area contributed by atoms with Gasteiger partial charge in [-0.15, -0.1) is 0 Å². The molecule has 0 radical (unpaired) electrons. The Balaban J connectivity index is 3.14. The lowest BCUT2D eigenvalue weighted by atomic mass is 10.0. The van der Waals surface area contributed by atoms with Crippen molar-refractivity contribution in [2.45, 2.75) is 341 Å². The molecule has 0 aromatic heterocycles. The topological polar surface area (TPSA) is 26.3 Å². The molecule has 2 nitrogen and oxygen atoms in total. The SMILES string of the molecule is CCCCCCCCCCCCCCCCCCCCCCCCCCCCCCOC(=O)CCCCCCCCCCCCCCCCCCCCCCCC. The monoisotopic (exact) mass is 803 g/mol. The summed E-state index contributed by atoms with van der Waals surface area (Å²) >= 11 is 0. The van der Waals surface area contributed by atoms with Crippen molar-refractivity contribution >= 4 is 5.97 Å². The molecule has 0 spiro atoms. The van der Waals surface area contributed by atoms with Gasteiger partial charge in [0.2, 0.25) is 0 Å². The quantitative estimate of drug-likeness (QED) is 0.0452. The molecular weight excluding hydrogens is 693 g/mol. The number of carbonyl (C=O) groups is 1. The Morgan fingerprint density at radius 3 is 0.579 bits per heavy atom. The summed E-state index contributed by atoms with van der Waals surface area (Å²) in [5, 5.41) is 0. The first-order valence-electron chi connectivity index (χ1n) is 27.5. The summed E-state index contributed by atoms with van der Waals surface area (Å²) in [6.07, 6.45) is 71.3. The van der Waals surface area contributed by atoms with Crippen molar-refractivity contribution in [3.63, 3.8) is 0 Å². The van der Waals surface area contributed by atoms with E-state index in [9.17, 15) is 4.79 Å². The smallest absolute Gasteiger partial charge is 0.305 e. The van der Waals surface area contributed by atoms with E-state index in [1.54, 1.807) is 0 Å². The van der Waals surface area contributed by atoms with Gasteiger partial charge in [0.1, 0.15) is 0 Å². The van der Waals surface area contributed by atoms with Gasteiger partial charge in [-0.05, 0) is 12.8 Å². The van der Waals surface area contributed by atoms with Crippen molar-refractivity contribution in [2.24, 2.45) is 0 Å². The summed E-state index contributed by atoms with van der Waals surface area (Å²) < 4.78 is 5.51. The molecule has 0 aliphatic rings. The van der Waals surface area contributed by atoms with Crippen LogP contribution in [0.1, 0.15) is 341 Å². The van der Waals surface area contributed by atoms with Crippen molar-refractivity contribution in [1.82, 2.24) is 0 Å². The van der Waals surface area contributed by atoms with Crippen molar-refractivity contribution in [2.75, 3.05) is 6.61 Å². The summed E-state index contributed by atoms with van der Waals surface area (Å²) in [4.78, 5) is 12.1. The van der Waals surface area contributed by atoms with Crippen LogP contribution in [0.25, 0.3) is 0 Å². The Morgan fingerprint density at radius 1 is 0.228 bits per heavy atom. The van der Waals surface area contributed by atoms with Crippen LogP contribution in [0, 0.1) is 0 Å². The molecule has 0 saturated carbocycles. The van der Waals surface area contributed by atoms with Crippen LogP contribution >= 0.6 is 0 Å². The predicted octanol–water partition coefficient (Wildman–Crippen LogP) is 20.5. The lowest BCUT2D eigenvalue weighted by molar-refractivity contribution is -0.143. The van der Waals surface area contributed by atoms with Crippen LogP contribution < -0.4 is 0 Å². The highest BCUT2D eigenvalue weighted by Crippen LogP contribution is 2.18. The van der Waals surface area contributed by atoms with Crippen LogP contribution in [0.3, 0.4) is 0 Å². The fourth-order valence-corrected chi connectivity index (χ4v) is 8.91.